The van der Waals surface area contributed by atoms with Crippen molar-refractivity contribution in [1.29, 1.82) is 0 Å². The molecule has 0 aliphatic rings. The van der Waals surface area contributed by atoms with Crippen molar-refractivity contribution in [2.24, 2.45) is 0 Å². The fraction of sp³-hybridized carbons (Fsp3) is 0.100. The van der Waals surface area contributed by atoms with Crippen LogP contribution in [0.3, 0.4) is 0 Å². The molecule has 29 heavy (non-hydrogen) atoms. The fourth-order valence-corrected chi connectivity index (χ4v) is 3.18. The number of aryl methyl sites for hydroxylation is 1. The highest BCUT2D eigenvalue weighted by Gasteiger charge is 2.21. The quantitative estimate of drug-likeness (QED) is 0.564. The van der Waals surface area contributed by atoms with Crippen LogP contribution in [0.15, 0.2) is 45.7 Å². The summed E-state index contributed by atoms with van der Waals surface area (Å²) >= 11 is 3.09. The van der Waals surface area contributed by atoms with Gasteiger partial charge in [-0.15, -0.1) is 0 Å². The van der Waals surface area contributed by atoms with Gasteiger partial charge in [-0.2, -0.15) is 0 Å². The molecule has 0 aliphatic heterocycles. The molecule has 0 bridgehead atoms. The average Bonchev–Trinajstić information content (AvgIpc) is 2.65. The van der Waals surface area contributed by atoms with Gasteiger partial charge in [0.25, 0.3) is 5.56 Å². The van der Waals surface area contributed by atoms with Crippen LogP contribution in [-0.4, -0.2) is 16.1 Å². The van der Waals surface area contributed by atoms with Gasteiger partial charge in [0.15, 0.2) is 0 Å². The molecule has 9 heteroatoms. The van der Waals surface area contributed by atoms with Gasteiger partial charge in [-0.05, 0) is 47.1 Å². The molecular weight excluding hydrogens is 455 g/mol. The molecule has 3 aromatic rings. The van der Waals surface area contributed by atoms with Crippen molar-refractivity contribution >= 4 is 21.9 Å². The molecule has 0 spiro atoms. The van der Waals surface area contributed by atoms with E-state index in [0.717, 1.165) is 12.1 Å². The summed E-state index contributed by atoms with van der Waals surface area (Å²) in [5.74, 6) is -3.78. The lowest BCUT2D eigenvalue weighted by Gasteiger charge is -2.16. The highest BCUT2D eigenvalue weighted by molar-refractivity contribution is 9.10. The number of carbonyl (C=O) groups is 1. The molecule has 0 unspecified atom stereocenters. The molecule has 0 saturated heterocycles. The Kier molecular flexibility index (Phi) is 5.78. The highest BCUT2D eigenvalue weighted by atomic mass is 79.9. The molecule has 150 valence electrons. The van der Waals surface area contributed by atoms with Crippen molar-refractivity contribution in [3.63, 3.8) is 0 Å². The van der Waals surface area contributed by atoms with Gasteiger partial charge < -0.3 is 14.8 Å². The Morgan fingerprint density at radius 2 is 1.86 bits per heavy atom. The van der Waals surface area contributed by atoms with Gasteiger partial charge in [-0.3, -0.25) is 4.79 Å². The van der Waals surface area contributed by atoms with Gasteiger partial charge in [-0.25, -0.2) is 18.0 Å². The van der Waals surface area contributed by atoms with Crippen LogP contribution in [0.4, 0.5) is 13.2 Å². The van der Waals surface area contributed by atoms with Crippen molar-refractivity contribution in [3.05, 3.63) is 85.5 Å². The number of aromatic amines is 1. The van der Waals surface area contributed by atoms with Gasteiger partial charge in [0.2, 0.25) is 0 Å². The van der Waals surface area contributed by atoms with Crippen molar-refractivity contribution < 1.29 is 27.8 Å². The zero-order chi connectivity index (χ0) is 21.3. The Hall–Kier alpha value is -3.07. The Labute approximate surface area is 170 Å². The minimum atomic E-state index is -1.29. The SMILES string of the molecule is Cc1[nH]c(=O)c(Br)c(OCc2ccc(F)cc2F)c1-c1ccc(C(=O)O)cc1F. The number of ether oxygens (including phenoxy) is 1. The molecule has 0 fully saturated rings. The summed E-state index contributed by atoms with van der Waals surface area (Å²) in [6.45, 7) is 1.16. The number of benzene rings is 2. The first-order chi connectivity index (χ1) is 13.7. The highest BCUT2D eigenvalue weighted by Crippen LogP contribution is 2.38. The van der Waals surface area contributed by atoms with E-state index in [1.165, 1.54) is 25.1 Å². The Morgan fingerprint density at radius 1 is 1.14 bits per heavy atom. The average molecular weight is 468 g/mol. The molecule has 0 atom stereocenters. The molecule has 2 aromatic carbocycles. The summed E-state index contributed by atoms with van der Waals surface area (Å²) in [5, 5.41) is 9.01. The second-order valence-corrected chi connectivity index (χ2v) is 6.91. The van der Waals surface area contributed by atoms with E-state index in [1.807, 2.05) is 0 Å². The molecular formula is C20H13BrF3NO4. The van der Waals surface area contributed by atoms with E-state index in [9.17, 15) is 22.8 Å². The first kappa shape index (κ1) is 20.7. The summed E-state index contributed by atoms with van der Waals surface area (Å²) in [6, 6.07) is 6.26. The van der Waals surface area contributed by atoms with Gasteiger partial charge in [0.1, 0.15) is 34.3 Å². The van der Waals surface area contributed by atoms with Crippen LogP contribution in [-0.2, 0) is 6.61 Å². The Balaban J connectivity index is 2.10. The third kappa shape index (κ3) is 4.19. The van der Waals surface area contributed by atoms with Crippen LogP contribution in [0.5, 0.6) is 5.75 Å². The third-order valence-electron chi connectivity index (χ3n) is 4.17. The normalized spacial score (nSPS) is 10.8. The largest absolute Gasteiger partial charge is 0.487 e. The predicted molar refractivity (Wildman–Crippen MR) is 103 cm³/mol. The molecule has 0 amide bonds. The number of H-pyrrole nitrogens is 1. The lowest BCUT2D eigenvalue weighted by atomic mass is 10.0. The molecule has 3 rings (SSSR count). The maximum Gasteiger partial charge on any atom is 0.335 e. The van der Waals surface area contributed by atoms with Crippen LogP contribution < -0.4 is 10.3 Å². The van der Waals surface area contributed by atoms with Crippen LogP contribution in [0.25, 0.3) is 11.1 Å². The van der Waals surface area contributed by atoms with Crippen LogP contribution >= 0.6 is 15.9 Å². The van der Waals surface area contributed by atoms with Crippen molar-refractivity contribution in [1.82, 2.24) is 4.98 Å². The van der Waals surface area contributed by atoms with E-state index >= 15 is 0 Å². The fourth-order valence-electron chi connectivity index (χ4n) is 2.77. The molecule has 1 heterocycles. The number of pyridine rings is 1. The van der Waals surface area contributed by atoms with E-state index in [2.05, 4.69) is 20.9 Å². The first-order valence-corrected chi connectivity index (χ1v) is 9.00. The zero-order valence-electron chi connectivity index (χ0n) is 14.9. The molecule has 0 radical (unpaired) electrons. The van der Waals surface area contributed by atoms with Gasteiger partial charge in [0, 0.05) is 28.5 Å². The number of hydrogen-bond acceptors (Lipinski definition) is 3. The van der Waals surface area contributed by atoms with E-state index in [1.54, 1.807) is 0 Å². The van der Waals surface area contributed by atoms with Gasteiger partial charge in [0.05, 0.1) is 5.56 Å². The number of rotatable bonds is 5. The topological polar surface area (TPSA) is 79.4 Å². The number of nitrogens with one attached hydrogen (secondary N) is 1. The molecule has 1 aromatic heterocycles. The predicted octanol–water partition coefficient (Wildman–Crippen LogP) is 4.81. The maximum absolute atomic E-state index is 14.6. The summed E-state index contributed by atoms with van der Waals surface area (Å²) in [4.78, 5) is 25.7. The number of halogens is 4. The number of hydrogen-bond donors (Lipinski definition) is 2. The zero-order valence-corrected chi connectivity index (χ0v) is 16.4. The smallest absolute Gasteiger partial charge is 0.335 e. The Bertz CT molecular complexity index is 1180. The van der Waals surface area contributed by atoms with E-state index in [-0.39, 0.29) is 44.8 Å². The van der Waals surface area contributed by atoms with Crippen molar-refractivity contribution in [2.45, 2.75) is 13.5 Å². The molecule has 0 saturated carbocycles. The van der Waals surface area contributed by atoms with Crippen molar-refractivity contribution in [2.75, 3.05) is 0 Å². The van der Waals surface area contributed by atoms with E-state index in [0.29, 0.717) is 6.07 Å². The summed E-state index contributed by atoms with van der Waals surface area (Å²) in [5.41, 5.74) is -0.363. The summed E-state index contributed by atoms with van der Waals surface area (Å²) in [6.07, 6.45) is 0. The molecule has 2 N–H and O–H groups in total. The van der Waals surface area contributed by atoms with Gasteiger partial charge >= 0.3 is 5.97 Å². The van der Waals surface area contributed by atoms with E-state index in [4.69, 9.17) is 9.84 Å². The second kappa shape index (κ2) is 8.12. The number of carboxylic acids is 1. The Morgan fingerprint density at radius 3 is 2.48 bits per heavy atom. The minimum absolute atomic E-state index is 0.0148. The summed E-state index contributed by atoms with van der Waals surface area (Å²) < 4.78 is 47.2. The first-order valence-electron chi connectivity index (χ1n) is 8.21. The maximum atomic E-state index is 14.6. The van der Waals surface area contributed by atoms with Crippen LogP contribution in [0, 0.1) is 24.4 Å². The molecule has 0 aliphatic carbocycles. The molecule has 5 nitrogen and oxygen atoms in total. The number of aromatic nitrogens is 1. The minimum Gasteiger partial charge on any atom is -0.487 e. The third-order valence-corrected chi connectivity index (χ3v) is 4.89. The van der Waals surface area contributed by atoms with Gasteiger partial charge in [-0.1, -0.05) is 6.07 Å². The number of aromatic carboxylic acids is 1. The van der Waals surface area contributed by atoms with Crippen molar-refractivity contribution in [3.8, 4) is 16.9 Å². The monoisotopic (exact) mass is 467 g/mol. The summed E-state index contributed by atoms with van der Waals surface area (Å²) in [7, 11) is 0. The lowest BCUT2D eigenvalue weighted by Crippen LogP contribution is -2.13. The lowest BCUT2D eigenvalue weighted by molar-refractivity contribution is 0.0696. The van der Waals surface area contributed by atoms with Crippen LogP contribution in [0.1, 0.15) is 21.6 Å². The standard InChI is InChI=1S/C20H13BrF3NO4/c1-9-16(13-5-3-10(20(27)28)6-15(13)24)18(17(21)19(26)25-9)29-8-11-2-4-12(22)7-14(11)23/h2-7H,8H2,1H3,(H,25,26)(H,27,28). The second-order valence-electron chi connectivity index (χ2n) is 6.12. The van der Waals surface area contributed by atoms with Crippen LogP contribution in [0.2, 0.25) is 0 Å². The number of carboxylic acid groups (broad SMARTS) is 1. The van der Waals surface area contributed by atoms with E-state index < -0.39 is 29.0 Å².